The highest BCUT2D eigenvalue weighted by molar-refractivity contribution is 6.39. The Morgan fingerprint density at radius 1 is 1.00 bits per heavy atom. The quantitative estimate of drug-likeness (QED) is 0.163. The van der Waals surface area contributed by atoms with Crippen LogP contribution in [0.25, 0.3) is 22.3 Å². The molecule has 0 aliphatic carbocycles. The third kappa shape index (κ3) is 6.07. The number of halogens is 2. The lowest BCUT2D eigenvalue weighted by molar-refractivity contribution is -0.142. The van der Waals surface area contributed by atoms with Gasteiger partial charge in [0.15, 0.2) is 5.82 Å². The van der Waals surface area contributed by atoms with Crippen LogP contribution in [-0.2, 0) is 22.5 Å². The van der Waals surface area contributed by atoms with Crippen LogP contribution in [0.3, 0.4) is 0 Å². The first-order valence-corrected chi connectivity index (χ1v) is 13.8. The van der Waals surface area contributed by atoms with Gasteiger partial charge >= 0.3 is 5.97 Å². The van der Waals surface area contributed by atoms with Crippen LogP contribution in [0.1, 0.15) is 18.1 Å². The SMILES string of the molecule is CCOC(=O)Cc1ccc(Nc2nc(-c3c(Cl)cccc3Cl)nc3cn(Cc4ccc(OC)cc4OC)c(O)c23)cc1. The van der Waals surface area contributed by atoms with E-state index in [2.05, 4.69) is 5.32 Å². The van der Waals surface area contributed by atoms with E-state index in [1.165, 1.54) is 0 Å². The number of aromatic nitrogens is 3. The maximum absolute atomic E-state index is 11.9. The van der Waals surface area contributed by atoms with Gasteiger partial charge in [0.1, 0.15) is 22.7 Å². The second kappa shape index (κ2) is 12.6. The lowest BCUT2D eigenvalue weighted by Crippen LogP contribution is -2.07. The summed E-state index contributed by atoms with van der Waals surface area (Å²) in [5.74, 6) is 1.57. The monoisotopic (exact) mass is 606 g/mol. The van der Waals surface area contributed by atoms with Gasteiger partial charge in [-0.15, -0.1) is 0 Å². The van der Waals surface area contributed by atoms with Gasteiger partial charge in [0.25, 0.3) is 0 Å². The van der Waals surface area contributed by atoms with Gasteiger partial charge in [0, 0.05) is 23.5 Å². The van der Waals surface area contributed by atoms with Gasteiger partial charge < -0.3 is 29.2 Å². The molecule has 2 heterocycles. The molecule has 11 heteroatoms. The first kappa shape index (κ1) is 29.0. The van der Waals surface area contributed by atoms with Gasteiger partial charge in [-0.3, -0.25) is 4.79 Å². The van der Waals surface area contributed by atoms with Crippen molar-refractivity contribution in [2.24, 2.45) is 0 Å². The molecule has 0 aliphatic heterocycles. The van der Waals surface area contributed by atoms with Crippen LogP contribution >= 0.6 is 23.2 Å². The summed E-state index contributed by atoms with van der Waals surface area (Å²) in [6, 6.07) is 17.9. The number of nitrogens with one attached hydrogen (secondary N) is 1. The fourth-order valence-corrected chi connectivity index (χ4v) is 5.13. The van der Waals surface area contributed by atoms with Gasteiger partial charge in [0.2, 0.25) is 5.88 Å². The van der Waals surface area contributed by atoms with Crippen molar-refractivity contribution in [3.05, 3.63) is 88.0 Å². The second-order valence-corrected chi connectivity index (χ2v) is 10.1. The lowest BCUT2D eigenvalue weighted by atomic mass is 10.1. The maximum atomic E-state index is 11.9. The van der Waals surface area contributed by atoms with Gasteiger partial charge in [-0.1, -0.05) is 41.4 Å². The van der Waals surface area contributed by atoms with E-state index in [1.54, 1.807) is 56.2 Å². The lowest BCUT2D eigenvalue weighted by Gasteiger charge is -2.12. The Hall–Kier alpha value is -4.47. The number of ether oxygens (including phenoxy) is 3. The average Bonchev–Trinajstić information content (AvgIpc) is 3.29. The number of aromatic hydroxyl groups is 1. The molecule has 0 radical (unpaired) electrons. The maximum Gasteiger partial charge on any atom is 0.310 e. The van der Waals surface area contributed by atoms with Crippen LogP contribution in [0.15, 0.2) is 66.9 Å². The van der Waals surface area contributed by atoms with Crippen molar-refractivity contribution in [3.8, 4) is 28.8 Å². The van der Waals surface area contributed by atoms with Crippen molar-refractivity contribution in [3.63, 3.8) is 0 Å². The van der Waals surface area contributed by atoms with Crippen molar-refractivity contribution in [1.82, 2.24) is 14.5 Å². The van der Waals surface area contributed by atoms with Crippen LogP contribution in [0.2, 0.25) is 10.0 Å². The summed E-state index contributed by atoms with van der Waals surface area (Å²) in [6.45, 7) is 2.39. The molecule has 216 valence electrons. The van der Waals surface area contributed by atoms with Crippen LogP contribution in [0, 0.1) is 0 Å². The fraction of sp³-hybridized carbons (Fsp3) is 0.194. The van der Waals surface area contributed by atoms with E-state index in [-0.39, 0.29) is 18.3 Å². The first-order valence-electron chi connectivity index (χ1n) is 13.1. The number of fused-ring (bicyclic) bond motifs is 1. The molecule has 0 saturated heterocycles. The molecule has 5 aromatic rings. The zero-order valence-corrected chi connectivity index (χ0v) is 24.7. The summed E-state index contributed by atoms with van der Waals surface area (Å²) in [4.78, 5) is 21.3. The van der Waals surface area contributed by atoms with Crippen LogP contribution in [0.4, 0.5) is 11.5 Å². The van der Waals surface area contributed by atoms with Crippen molar-refractivity contribution < 1.29 is 24.1 Å². The third-order valence-electron chi connectivity index (χ3n) is 6.60. The molecule has 0 saturated carbocycles. The van der Waals surface area contributed by atoms with Gasteiger partial charge in [-0.25, -0.2) is 9.97 Å². The summed E-state index contributed by atoms with van der Waals surface area (Å²) in [5.41, 5.74) is 3.26. The van der Waals surface area contributed by atoms with Crippen LogP contribution < -0.4 is 14.8 Å². The summed E-state index contributed by atoms with van der Waals surface area (Å²) >= 11 is 13.0. The topological polar surface area (TPSA) is 108 Å². The zero-order valence-electron chi connectivity index (χ0n) is 23.1. The average molecular weight is 607 g/mol. The Morgan fingerprint density at radius 3 is 2.40 bits per heavy atom. The summed E-state index contributed by atoms with van der Waals surface area (Å²) < 4.78 is 17.6. The number of hydrogen-bond donors (Lipinski definition) is 2. The largest absolute Gasteiger partial charge is 0.497 e. The number of rotatable bonds is 10. The highest BCUT2D eigenvalue weighted by Crippen LogP contribution is 2.39. The molecule has 0 fully saturated rings. The van der Waals surface area contributed by atoms with Gasteiger partial charge in [-0.2, -0.15) is 0 Å². The number of anilines is 2. The fourth-order valence-electron chi connectivity index (χ4n) is 4.57. The predicted molar refractivity (Wildman–Crippen MR) is 163 cm³/mol. The number of benzene rings is 3. The highest BCUT2D eigenvalue weighted by atomic mass is 35.5. The Morgan fingerprint density at radius 2 is 1.74 bits per heavy atom. The summed E-state index contributed by atoms with van der Waals surface area (Å²) in [7, 11) is 3.17. The molecular weight excluding hydrogens is 579 g/mol. The van der Waals surface area contributed by atoms with Crippen LogP contribution in [0.5, 0.6) is 17.4 Å². The Balaban J connectivity index is 1.58. The molecule has 2 N–H and O–H groups in total. The second-order valence-electron chi connectivity index (χ2n) is 9.31. The number of carbonyl (C=O) groups excluding carboxylic acids is 1. The standard InChI is InChI=1S/C31H28Cl2N4O5/c1-4-42-26(38)14-18-8-11-20(12-9-18)34-30-28-24(35-29(36-30)27-22(32)6-5-7-23(27)33)17-37(31(28)39)16-19-10-13-21(40-2)15-25(19)41-3/h5-13,15,17,39H,4,14,16H2,1-3H3,(H,34,35,36). The van der Waals surface area contributed by atoms with Gasteiger partial charge in [-0.05, 0) is 48.9 Å². The Bertz CT molecular complexity index is 1740. The number of methoxy groups -OCH3 is 2. The molecule has 5 rings (SSSR count). The van der Waals surface area contributed by atoms with E-state index >= 15 is 0 Å². The smallest absolute Gasteiger partial charge is 0.310 e. The number of nitrogens with zero attached hydrogens (tertiary/aromatic N) is 3. The molecule has 0 atom stereocenters. The molecule has 0 amide bonds. The van der Waals surface area contributed by atoms with E-state index in [1.807, 2.05) is 36.4 Å². The van der Waals surface area contributed by atoms with Crippen molar-refractivity contribution in [2.45, 2.75) is 19.9 Å². The van der Waals surface area contributed by atoms with Crippen molar-refractivity contribution in [1.29, 1.82) is 0 Å². The summed E-state index contributed by atoms with van der Waals surface area (Å²) in [5, 5.41) is 15.9. The molecule has 9 nitrogen and oxygen atoms in total. The van der Waals surface area contributed by atoms with Crippen molar-refractivity contribution in [2.75, 3.05) is 26.1 Å². The third-order valence-corrected chi connectivity index (χ3v) is 7.23. The van der Waals surface area contributed by atoms with E-state index < -0.39 is 0 Å². The molecule has 0 unspecified atom stereocenters. The predicted octanol–water partition coefficient (Wildman–Crippen LogP) is 7.03. The molecule has 3 aromatic carbocycles. The van der Waals surface area contributed by atoms with Gasteiger partial charge in [0.05, 0.1) is 54.9 Å². The van der Waals surface area contributed by atoms with E-state index in [4.69, 9.17) is 47.4 Å². The first-order chi connectivity index (χ1) is 20.3. The molecular formula is C31H28Cl2N4O5. The van der Waals surface area contributed by atoms with E-state index in [9.17, 15) is 9.90 Å². The normalized spacial score (nSPS) is 11.0. The molecule has 2 aromatic heterocycles. The highest BCUT2D eigenvalue weighted by Gasteiger charge is 2.21. The Labute approximate surface area is 252 Å². The van der Waals surface area contributed by atoms with E-state index in [0.29, 0.717) is 68.5 Å². The molecule has 0 spiro atoms. The van der Waals surface area contributed by atoms with E-state index in [0.717, 1.165) is 11.1 Å². The molecule has 42 heavy (non-hydrogen) atoms. The minimum absolute atomic E-state index is 0.0406. The van der Waals surface area contributed by atoms with Crippen LogP contribution in [-0.4, -0.2) is 46.4 Å². The number of esters is 1. The zero-order chi connectivity index (χ0) is 29.8. The Kier molecular flexibility index (Phi) is 8.70. The molecule has 0 bridgehead atoms. The minimum atomic E-state index is -0.295. The summed E-state index contributed by atoms with van der Waals surface area (Å²) in [6.07, 6.45) is 1.90. The number of hydrogen-bond acceptors (Lipinski definition) is 8. The van der Waals surface area contributed by atoms with Crippen molar-refractivity contribution >= 4 is 51.6 Å². The number of carbonyl (C=O) groups is 1. The molecule has 0 aliphatic rings. The minimum Gasteiger partial charge on any atom is -0.497 e.